The van der Waals surface area contributed by atoms with Gasteiger partial charge in [0, 0.05) is 44.7 Å². The summed E-state index contributed by atoms with van der Waals surface area (Å²) >= 11 is 0. The van der Waals surface area contributed by atoms with Crippen molar-refractivity contribution in [1.29, 1.82) is 5.41 Å². The molecule has 1 fully saturated rings. The van der Waals surface area contributed by atoms with Crippen molar-refractivity contribution in [2.24, 2.45) is 5.73 Å². The molecule has 0 amide bonds. The van der Waals surface area contributed by atoms with Crippen molar-refractivity contribution in [2.75, 3.05) is 32.8 Å². The zero-order valence-corrected chi connectivity index (χ0v) is 12.9. The molecule has 3 N–H and O–H groups in total. The van der Waals surface area contributed by atoms with Crippen LogP contribution in [0.25, 0.3) is 0 Å². The Balaban J connectivity index is 2.46. The predicted octanol–water partition coefficient (Wildman–Crippen LogP) is 1.13. The molecule has 0 saturated carbocycles. The number of amidine groups is 1. The Morgan fingerprint density at radius 2 is 2.11 bits per heavy atom. The second-order valence-electron chi connectivity index (χ2n) is 5.95. The van der Waals surface area contributed by atoms with Gasteiger partial charge in [-0.15, -0.1) is 0 Å². The molecule has 0 aromatic heterocycles. The van der Waals surface area contributed by atoms with Crippen molar-refractivity contribution in [3.8, 4) is 0 Å². The van der Waals surface area contributed by atoms with E-state index in [9.17, 15) is 0 Å². The van der Waals surface area contributed by atoms with Gasteiger partial charge < -0.3 is 10.5 Å². The van der Waals surface area contributed by atoms with E-state index in [1.54, 1.807) is 0 Å². The van der Waals surface area contributed by atoms with E-state index in [1.807, 2.05) is 0 Å². The number of nitrogens with zero attached hydrogens (tertiary/aromatic N) is 2. The Morgan fingerprint density at radius 3 is 2.63 bits per heavy atom. The smallest absolute Gasteiger partial charge is 0.0918 e. The van der Waals surface area contributed by atoms with Crippen molar-refractivity contribution in [3.63, 3.8) is 0 Å². The molecule has 1 rings (SSSR count). The maximum absolute atomic E-state index is 7.35. The third-order valence-electron chi connectivity index (χ3n) is 3.74. The number of nitrogens with one attached hydrogen (secondary N) is 1. The lowest BCUT2D eigenvalue weighted by atomic mass is 10.2. The molecule has 19 heavy (non-hydrogen) atoms. The lowest BCUT2D eigenvalue weighted by molar-refractivity contribution is -0.0551. The molecule has 1 atom stereocenters. The first-order valence-corrected chi connectivity index (χ1v) is 7.32. The van der Waals surface area contributed by atoms with Crippen molar-refractivity contribution in [3.05, 3.63) is 0 Å². The van der Waals surface area contributed by atoms with E-state index in [2.05, 4.69) is 37.5 Å². The van der Waals surface area contributed by atoms with Gasteiger partial charge >= 0.3 is 0 Å². The first-order chi connectivity index (χ1) is 8.90. The summed E-state index contributed by atoms with van der Waals surface area (Å²) in [5.74, 6) is 0.263. The average Bonchev–Trinajstić information content (AvgIpc) is 2.34. The third-order valence-corrected chi connectivity index (χ3v) is 3.74. The van der Waals surface area contributed by atoms with Gasteiger partial charge in [-0.25, -0.2) is 0 Å². The van der Waals surface area contributed by atoms with Crippen LogP contribution in [0.15, 0.2) is 0 Å². The number of nitrogens with two attached hydrogens (primary N) is 1. The maximum atomic E-state index is 7.35. The Bertz CT molecular complexity index is 281. The number of hydrogen-bond acceptors (Lipinski definition) is 4. The van der Waals surface area contributed by atoms with E-state index in [0.717, 1.165) is 32.8 Å². The highest BCUT2D eigenvalue weighted by Gasteiger charge is 2.24. The highest BCUT2D eigenvalue weighted by molar-refractivity contribution is 5.76. The second kappa shape index (κ2) is 7.82. The summed E-state index contributed by atoms with van der Waals surface area (Å²) in [5.41, 5.74) is 5.45. The van der Waals surface area contributed by atoms with Crippen molar-refractivity contribution < 1.29 is 4.74 Å². The van der Waals surface area contributed by atoms with Crippen LogP contribution < -0.4 is 5.73 Å². The minimum atomic E-state index is 0.263. The van der Waals surface area contributed by atoms with Crippen LogP contribution in [0.2, 0.25) is 0 Å². The fourth-order valence-electron chi connectivity index (χ4n) is 2.41. The number of morpholine rings is 1. The molecule has 0 bridgehead atoms. The normalized spacial score (nSPS) is 21.5. The van der Waals surface area contributed by atoms with Gasteiger partial charge in [0.15, 0.2) is 0 Å². The lowest BCUT2D eigenvalue weighted by Crippen LogP contribution is -2.51. The average molecular weight is 270 g/mol. The van der Waals surface area contributed by atoms with Crippen LogP contribution in [0.5, 0.6) is 0 Å². The van der Waals surface area contributed by atoms with E-state index in [0.29, 0.717) is 18.5 Å². The van der Waals surface area contributed by atoms with Gasteiger partial charge in [-0.05, 0) is 27.7 Å². The molecular weight excluding hydrogens is 240 g/mol. The Morgan fingerprint density at radius 1 is 1.42 bits per heavy atom. The molecular formula is C14H30N4O. The van der Waals surface area contributed by atoms with Gasteiger partial charge in [-0.1, -0.05) is 0 Å². The van der Waals surface area contributed by atoms with E-state index < -0.39 is 0 Å². The molecule has 1 saturated heterocycles. The third kappa shape index (κ3) is 5.89. The molecule has 5 nitrogen and oxygen atoms in total. The minimum Gasteiger partial charge on any atom is -0.388 e. The molecule has 1 unspecified atom stereocenters. The molecule has 1 aliphatic heterocycles. The predicted molar refractivity (Wildman–Crippen MR) is 79.7 cm³/mol. The summed E-state index contributed by atoms with van der Waals surface area (Å²) in [7, 11) is 0. The monoisotopic (exact) mass is 270 g/mol. The summed E-state index contributed by atoms with van der Waals surface area (Å²) in [4.78, 5) is 4.83. The summed E-state index contributed by atoms with van der Waals surface area (Å²) in [5, 5.41) is 7.35. The fraction of sp³-hybridized carbons (Fsp3) is 0.929. The topological polar surface area (TPSA) is 65.6 Å². The largest absolute Gasteiger partial charge is 0.388 e. The summed E-state index contributed by atoms with van der Waals surface area (Å²) in [6.07, 6.45) is 0.907. The second-order valence-corrected chi connectivity index (χ2v) is 5.95. The van der Waals surface area contributed by atoms with Gasteiger partial charge in [0.25, 0.3) is 0 Å². The molecule has 0 radical (unpaired) electrons. The number of rotatable bonds is 7. The van der Waals surface area contributed by atoms with Gasteiger partial charge in [0.05, 0.1) is 18.5 Å². The lowest BCUT2D eigenvalue weighted by Gasteiger charge is -2.38. The van der Waals surface area contributed by atoms with Gasteiger partial charge in [-0.3, -0.25) is 15.2 Å². The van der Waals surface area contributed by atoms with Crippen LogP contribution in [0.1, 0.15) is 34.1 Å². The van der Waals surface area contributed by atoms with Crippen LogP contribution in [0, 0.1) is 5.41 Å². The fourth-order valence-corrected chi connectivity index (χ4v) is 2.41. The molecule has 0 aromatic rings. The van der Waals surface area contributed by atoms with Crippen molar-refractivity contribution >= 4 is 5.84 Å². The van der Waals surface area contributed by atoms with Crippen LogP contribution in [0.3, 0.4) is 0 Å². The van der Waals surface area contributed by atoms with E-state index in [1.165, 1.54) is 0 Å². The Hall–Kier alpha value is -0.650. The first-order valence-electron chi connectivity index (χ1n) is 7.32. The summed E-state index contributed by atoms with van der Waals surface area (Å²) in [6, 6.07) is 1.04. The maximum Gasteiger partial charge on any atom is 0.0918 e. The molecule has 0 spiro atoms. The molecule has 1 heterocycles. The molecule has 5 heteroatoms. The van der Waals surface area contributed by atoms with Gasteiger partial charge in [0.2, 0.25) is 0 Å². The van der Waals surface area contributed by atoms with Crippen LogP contribution in [0.4, 0.5) is 0 Å². The van der Waals surface area contributed by atoms with Crippen LogP contribution >= 0.6 is 0 Å². The van der Waals surface area contributed by atoms with Crippen LogP contribution in [-0.2, 0) is 4.74 Å². The van der Waals surface area contributed by atoms with Gasteiger partial charge in [0.1, 0.15) is 0 Å². The summed E-state index contributed by atoms with van der Waals surface area (Å²) in [6.45, 7) is 13.5. The van der Waals surface area contributed by atoms with Gasteiger partial charge in [-0.2, -0.15) is 0 Å². The number of hydrogen-bond donors (Lipinski definition) is 2. The SMILES string of the molecule is CC(C)N1CCOC(CN(CCC(=N)N)C(C)C)C1. The standard InChI is InChI=1S/C14H30N4O/c1-11(2)17(6-5-14(15)16)9-13-10-18(12(3)4)7-8-19-13/h11-13H,5-10H2,1-4H3,(H3,15,16). The zero-order valence-electron chi connectivity index (χ0n) is 12.9. The van der Waals surface area contributed by atoms with E-state index in [-0.39, 0.29) is 11.9 Å². The molecule has 1 aliphatic rings. The zero-order chi connectivity index (χ0) is 14.4. The van der Waals surface area contributed by atoms with Crippen LogP contribution in [-0.4, -0.2) is 66.6 Å². The Kier molecular flexibility index (Phi) is 6.75. The van der Waals surface area contributed by atoms with E-state index in [4.69, 9.17) is 15.9 Å². The van der Waals surface area contributed by atoms with Crippen molar-refractivity contribution in [1.82, 2.24) is 9.80 Å². The minimum absolute atomic E-state index is 0.263. The highest BCUT2D eigenvalue weighted by atomic mass is 16.5. The number of ether oxygens (including phenoxy) is 1. The summed E-state index contributed by atoms with van der Waals surface area (Å²) < 4.78 is 5.88. The van der Waals surface area contributed by atoms with Crippen molar-refractivity contribution in [2.45, 2.75) is 52.3 Å². The molecule has 0 aliphatic carbocycles. The highest BCUT2D eigenvalue weighted by Crippen LogP contribution is 2.12. The molecule has 112 valence electrons. The quantitative estimate of drug-likeness (QED) is 0.538. The van der Waals surface area contributed by atoms with E-state index >= 15 is 0 Å². The Labute approximate surface area is 117 Å². The molecule has 0 aromatic carbocycles. The first kappa shape index (κ1) is 16.4.